The first kappa shape index (κ1) is 19.6. The molecule has 0 unspecified atom stereocenters. The summed E-state index contributed by atoms with van der Waals surface area (Å²) in [5.74, 6) is 0.564. The maximum absolute atomic E-state index is 11.7. The van der Waals surface area contributed by atoms with Gasteiger partial charge in [0, 0.05) is 23.1 Å². The van der Waals surface area contributed by atoms with Crippen LogP contribution < -0.4 is 15.8 Å². The highest BCUT2D eigenvalue weighted by molar-refractivity contribution is 6.28. The van der Waals surface area contributed by atoms with Gasteiger partial charge in [-0.25, -0.2) is 4.98 Å². The van der Waals surface area contributed by atoms with Crippen molar-refractivity contribution in [1.29, 1.82) is 0 Å². The number of primary amides is 1. The van der Waals surface area contributed by atoms with Crippen molar-refractivity contribution in [2.75, 3.05) is 12.4 Å². The van der Waals surface area contributed by atoms with Gasteiger partial charge in [0.05, 0.1) is 12.8 Å². The number of nitrogens with two attached hydrogens (primary N) is 1. The second-order valence-electron chi connectivity index (χ2n) is 6.44. The molecule has 28 heavy (non-hydrogen) atoms. The Labute approximate surface area is 167 Å². The summed E-state index contributed by atoms with van der Waals surface area (Å²) >= 11 is 5.89. The Balaban J connectivity index is 2.05. The summed E-state index contributed by atoms with van der Waals surface area (Å²) in [6.45, 7) is 4.11. The third kappa shape index (κ3) is 4.37. The highest BCUT2D eigenvalue weighted by Crippen LogP contribution is 2.28. The topological polar surface area (TPSA) is 103 Å². The van der Waals surface area contributed by atoms with Crippen LogP contribution in [0, 0.1) is 0 Å². The smallest absolute Gasteiger partial charge is 0.254 e. The lowest BCUT2D eigenvalue weighted by atomic mass is 10.1. The monoisotopic (exact) mass is 397 g/mol. The highest BCUT2D eigenvalue weighted by Gasteiger charge is 2.14. The lowest BCUT2D eigenvalue weighted by Crippen LogP contribution is -2.15. The van der Waals surface area contributed by atoms with Crippen molar-refractivity contribution in [3.8, 4) is 17.0 Å². The van der Waals surface area contributed by atoms with Crippen LogP contribution in [0.3, 0.4) is 0 Å². The van der Waals surface area contributed by atoms with E-state index < -0.39 is 5.91 Å². The van der Waals surface area contributed by atoms with Gasteiger partial charge in [0.25, 0.3) is 5.91 Å². The second kappa shape index (κ2) is 8.22. The molecule has 144 valence electrons. The van der Waals surface area contributed by atoms with Gasteiger partial charge in [0.1, 0.15) is 17.1 Å². The number of aromatic nitrogens is 3. The van der Waals surface area contributed by atoms with Crippen LogP contribution in [0.2, 0.25) is 5.28 Å². The number of nitrogens with zero attached hydrogens (tertiary/aromatic N) is 3. The number of rotatable bonds is 6. The van der Waals surface area contributed by atoms with E-state index in [0.717, 1.165) is 22.7 Å². The first-order valence-electron chi connectivity index (χ1n) is 8.63. The molecule has 2 aromatic heterocycles. The molecule has 0 bridgehead atoms. The van der Waals surface area contributed by atoms with Gasteiger partial charge in [0.2, 0.25) is 5.28 Å². The van der Waals surface area contributed by atoms with E-state index in [1.54, 1.807) is 7.11 Å². The first-order valence-corrected chi connectivity index (χ1v) is 9.01. The minimum Gasteiger partial charge on any atom is -0.497 e. The van der Waals surface area contributed by atoms with Crippen molar-refractivity contribution in [2.45, 2.75) is 19.8 Å². The van der Waals surface area contributed by atoms with E-state index in [4.69, 9.17) is 27.1 Å². The van der Waals surface area contributed by atoms with Crippen molar-refractivity contribution in [3.05, 3.63) is 59.1 Å². The molecule has 7 nitrogen and oxygen atoms in total. The van der Waals surface area contributed by atoms with Crippen LogP contribution >= 0.6 is 11.6 Å². The zero-order valence-electron chi connectivity index (χ0n) is 15.7. The molecule has 0 atom stereocenters. The van der Waals surface area contributed by atoms with Gasteiger partial charge in [-0.05, 0) is 53.9 Å². The van der Waals surface area contributed by atoms with E-state index in [1.807, 2.05) is 36.4 Å². The number of benzene rings is 1. The number of hydrogen-bond donors (Lipinski definition) is 2. The summed E-state index contributed by atoms with van der Waals surface area (Å²) < 4.78 is 5.21. The number of anilines is 2. The van der Waals surface area contributed by atoms with Crippen molar-refractivity contribution in [2.24, 2.45) is 5.73 Å². The number of carbonyl (C=O) groups excluding carboxylic acids is 1. The number of amides is 1. The third-order valence-electron chi connectivity index (χ3n) is 4.11. The molecular formula is C20H20ClN5O2. The molecule has 0 aliphatic heterocycles. The normalized spacial score (nSPS) is 10.8. The maximum Gasteiger partial charge on any atom is 0.254 e. The van der Waals surface area contributed by atoms with Crippen LogP contribution in [0.5, 0.6) is 5.75 Å². The van der Waals surface area contributed by atoms with E-state index in [0.29, 0.717) is 5.69 Å². The maximum atomic E-state index is 11.7. The standard InChI is InChI=1S/C20H20ClN5O2/c1-11(2)16-8-13(24-19-15(18(22)27)10-23-20(21)26-19)9-17(25-16)12-4-6-14(28-3)7-5-12/h4-11H,1-3H3,(H2,22,27)(H,23,24,25,26). The average Bonchev–Trinajstić information content (AvgIpc) is 2.67. The van der Waals surface area contributed by atoms with E-state index >= 15 is 0 Å². The Bertz CT molecular complexity index is 1010. The minimum atomic E-state index is -0.646. The fourth-order valence-corrected chi connectivity index (χ4v) is 2.74. The molecule has 0 radical (unpaired) electrons. The SMILES string of the molecule is COc1ccc(-c2cc(Nc3nc(Cl)ncc3C(N)=O)cc(C(C)C)n2)cc1. The molecule has 2 heterocycles. The van der Waals surface area contributed by atoms with Gasteiger partial charge in [-0.2, -0.15) is 4.98 Å². The third-order valence-corrected chi connectivity index (χ3v) is 4.29. The molecule has 3 aromatic rings. The van der Waals surface area contributed by atoms with Crippen LogP contribution in [0.15, 0.2) is 42.6 Å². The van der Waals surface area contributed by atoms with E-state index in [-0.39, 0.29) is 22.6 Å². The lowest BCUT2D eigenvalue weighted by molar-refractivity contribution is 0.100. The van der Waals surface area contributed by atoms with Crippen LogP contribution in [-0.2, 0) is 0 Å². The van der Waals surface area contributed by atoms with E-state index in [1.165, 1.54) is 6.20 Å². The summed E-state index contributed by atoms with van der Waals surface area (Å²) in [6.07, 6.45) is 1.30. The first-order chi connectivity index (χ1) is 13.4. The van der Waals surface area contributed by atoms with Gasteiger partial charge in [-0.1, -0.05) is 13.8 Å². The molecule has 0 aliphatic rings. The van der Waals surface area contributed by atoms with Gasteiger partial charge >= 0.3 is 0 Å². The van der Waals surface area contributed by atoms with Gasteiger partial charge in [-0.15, -0.1) is 0 Å². The largest absolute Gasteiger partial charge is 0.497 e. The molecule has 0 saturated carbocycles. The van der Waals surface area contributed by atoms with Crippen LogP contribution in [0.1, 0.15) is 35.8 Å². The number of hydrogen-bond acceptors (Lipinski definition) is 6. The van der Waals surface area contributed by atoms with Crippen molar-refractivity contribution in [1.82, 2.24) is 15.0 Å². The Morgan fingerprint density at radius 1 is 1.18 bits per heavy atom. The number of methoxy groups -OCH3 is 1. The predicted molar refractivity (Wildman–Crippen MR) is 109 cm³/mol. The van der Waals surface area contributed by atoms with Gasteiger partial charge in [-0.3, -0.25) is 9.78 Å². The fourth-order valence-electron chi connectivity index (χ4n) is 2.60. The van der Waals surface area contributed by atoms with Gasteiger partial charge in [0.15, 0.2) is 0 Å². The predicted octanol–water partition coefficient (Wildman–Crippen LogP) is 4.17. The summed E-state index contributed by atoms with van der Waals surface area (Å²) in [7, 11) is 1.62. The summed E-state index contributed by atoms with van der Waals surface area (Å²) in [5.41, 5.74) is 8.87. The Kier molecular flexibility index (Phi) is 5.75. The number of pyridine rings is 1. The number of ether oxygens (including phenoxy) is 1. The number of nitrogens with one attached hydrogen (secondary N) is 1. The van der Waals surface area contributed by atoms with E-state index in [9.17, 15) is 4.79 Å². The van der Waals surface area contributed by atoms with Crippen LogP contribution in [0.25, 0.3) is 11.3 Å². The second-order valence-corrected chi connectivity index (χ2v) is 6.78. The molecule has 8 heteroatoms. The number of halogens is 1. The molecule has 0 saturated heterocycles. The Hall–Kier alpha value is -3.19. The molecule has 0 aliphatic carbocycles. The van der Waals surface area contributed by atoms with Crippen molar-refractivity contribution in [3.63, 3.8) is 0 Å². The summed E-state index contributed by atoms with van der Waals surface area (Å²) in [5, 5.41) is 3.14. The minimum absolute atomic E-state index is 0.0148. The molecule has 1 aromatic carbocycles. The molecule has 3 rings (SSSR count). The average molecular weight is 398 g/mol. The summed E-state index contributed by atoms with van der Waals surface area (Å²) in [4.78, 5) is 24.3. The fraction of sp³-hybridized carbons (Fsp3) is 0.200. The molecule has 1 amide bonds. The van der Waals surface area contributed by atoms with Crippen molar-refractivity contribution >= 4 is 29.0 Å². The zero-order valence-corrected chi connectivity index (χ0v) is 16.5. The van der Waals surface area contributed by atoms with Crippen molar-refractivity contribution < 1.29 is 9.53 Å². The number of carbonyl (C=O) groups is 1. The zero-order chi connectivity index (χ0) is 20.3. The van der Waals surface area contributed by atoms with E-state index in [2.05, 4.69) is 29.1 Å². The summed E-state index contributed by atoms with van der Waals surface area (Å²) in [6, 6.07) is 11.4. The highest BCUT2D eigenvalue weighted by atomic mass is 35.5. The quantitative estimate of drug-likeness (QED) is 0.605. The molecule has 0 spiro atoms. The molecule has 0 fully saturated rings. The Morgan fingerprint density at radius 2 is 1.89 bits per heavy atom. The Morgan fingerprint density at radius 3 is 2.50 bits per heavy atom. The molecule has 3 N–H and O–H groups in total. The molecular weight excluding hydrogens is 378 g/mol. The lowest BCUT2D eigenvalue weighted by Gasteiger charge is -2.14. The van der Waals surface area contributed by atoms with Gasteiger partial charge < -0.3 is 15.8 Å². The van der Waals surface area contributed by atoms with Crippen LogP contribution in [-0.4, -0.2) is 28.0 Å². The van der Waals surface area contributed by atoms with Crippen LogP contribution in [0.4, 0.5) is 11.5 Å².